The zero-order valence-corrected chi connectivity index (χ0v) is 11.8. The number of benzene rings is 1. The molecule has 0 spiro atoms. The van der Waals surface area contributed by atoms with Crippen LogP contribution in [0.5, 0.6) is 0 Å². The van der Waals surface area contributed by atoms with Gasteiger partial charge in [-0.2, -0.15) is 0 Å². The topological polar surface area (TPSA) is 33.4 Å². The van der Waals surface area contributed by atoms with Gasteiger partial charge in [0.2, 0.25) is 0 Å². The largest absolute Gasteiger partial charge is 0.458 e. The van der Waals surface area contributed by atoms with Crippen LogP contribution in [-0.4, -0.2) is 5.11 Å². The molecule has 0 radical (unpaired) electrons. The minimum absolute atomic E-state index is 0.0266. The van der Waals surface area contributed by atoms with Crippen molar-refractivity contribution < 1.29 is 9.52 Å². The summed E-state index contributed by atoms with van der Waals surface area (Å²) in [6.07, 6.45) is 5.41. The summed E-state index contributed by atoms with van der Waals surface area (Å²) in [7, 11) is 0. The molecule has 1 heterocycles. The number of furan rings is 1. The molecule has 1 aliphatic carbocycles. The standard InChI is InChI=1S/C17H22O2/c1-12-6-7-14-13(10-12)11-15(19-14)16(18)17(2)8-4-3-5-9-17/h6-7,10-11,16,18H,3-5,8-9H2,1-2H3. The third-order valence-electron chi connectivity index (χ3n) is 4.62. The lowest BCUT2D eigenvalue weighted by molar-refractivity contribution is -0.00523. The van der Waals surface area contributed by atoms with E-state index in [0.29, 0.717) is 0 Å². The maximum absolute atomic E-state index is 10.7. The van der Waals surface area contributed by atoms with Crippen LogP contribution >= 0.6 is 0 Å². The Labute approximate surface area is 114 Å². The summed E-state index contributed by atoms with van der Waals surface area (Å²) < 4.78 is 5.85. The van der Waals surface area contributed by atoms with Crippen molar-refractivity contribution in [3.63, 3.8) is 0 Å². The molecule has 19 heavy (non-hydrogen) atoms. The van der Waals surface area contributed by atoms with Gasteiger partial charge in [0.25, 0.3) is 0 Å². The van der Waals surface area contributed by atoms with Gasteiger partial charge in [0.1, 0.15) is 17.4 Å². The highest BCUT2D eigenvalue weighted by Crippen LogP contribution is 2.46. The Hall–Kier alpha value is -1.28. The molecule has 0 aliphatic heterocycles. The first-order chi connectivity index (χ1) is 9.08. The molecule has 0 amide bonds. The second kappa shape index (κ2) is 4.68. The average molecular weight is 258 g/mol. The third kappa shape index (κ3) is 2.30. The van der Waals surface area contributed by atoms with E-state index in [2.05, 4.69) is 19.9 Å². The van der Waals surface area contributed by atoms with E-state index in [1.807, 2.05) is 18.2 Å². The number of hydrogen-bond donors (Lipinski definition) is 1. The fourth-order valence-corrected chi connectivity index (χ4v) is 3.29. The molecule has 102 valence electrons. The molecule has 1 unspecified atom stereocenters. The summed E-state index contributed by atoms with van der Waals surface area (Å²) in [5.41, 5.74) is 2.07. The van der Waals surface area contributed by atoms with Crippen LogP contribution in [0.25, 0.3) is 11.0 Å². The minimum atomic E-state index is -0.486. The normalized spacial score (nSPS) is 20.6. The first-order valence-electron chi connectivity index (χ1n) is 7.27. The van der Waals surface area contributed by atoms with Crippen LogP contribution in [0.3, 0.4) is 0 Å². The second-order valence-corrected chi connectivity index (χ2v) is 6.31. The van der Waals surface area contributed by atoms with E-state index in [1.54, 1.807) is 0 Å². The van der Waals surface area contributed by atoms with Crippen molar-refractivity contribution >= 4 is 11.0 Å². The zero-order chi connectivity index (χ0) is 13.5. The molecule has 1 saturated carbocycles. The van der Waals surface area contributed by atoms with Gasteiger partial charge in [0.05, 0.1) is 0 Å². The summed E-state index contributed by atoms with van der Waals surface area (Å²) >= 11 is 0. The summed E-state index contributed by atoms with van der Waals surface area (Å²) in [5.74, 6) is 0.727. The molecule has 1 aliphatic rings. The quantitative estimate of drug-likeness (QED) is 0.843. The molecule has 0 saturated heterocycles. The van der Waals surface area contributed by atoms with E-state index in [9.17, 15) is 5.11 Å². The van der Waals surface area contributed by atoms with Gasteiger partial charge in [-0.05, 0) is 38.0 Å². The molecule has 1 aromatic heterocycles. The molecule has 3 rings (SSSR count). The minimum Gasteiger partial charge on any atom is -0.458 e. The molecule has 1 atom stereocenters. The fraction of sp³-hybridized carbons (Fsp3) is 0.529. The van der Waals surface area contributed by atoms with Crippen molar-refractivity contribution in [1.82, 2.24) is 0 Å². The van der Waals surface area contributed by atoms with Gasteiger partial charge in [0, 0.05) is 10.8 Å². The Morgan fingerprint density at radius 3 is 2.63 bits per heavy atom. The lowest BCUT2D eigenvalue weighted by Gasteiger charge is -2.36. The number of rotatable bonds is 2. The summed E-state index contributed by atoms with van der Waals surface area (Å²) in [4.78, 5) is 0. The molecule has 0 bridgehead atoms. The first kappa shape index (κ1) is 12.7. The summed E-state index contributed by atoms with van der Waals surface area (Å²) in [6, 6.07) is 8.15. The highest BCUT2D eigenvalue weighted by molar-refractivity contribution is 5.78. The Bertz CT molecular complexity index is 576. The van der Waals surface area contributed by atoms with Gasteiger partial charge in [-0.25, -0.2) is 0 Å². The molecular formula is C17H22O2. The van der Waals surface area contributed by atoms with Gasteiger partial charge in [-0.3, -0.25) is 0 Å². The molecule has 1 N–H and O–H groups in total. The highest BCUT2D eigenvalue weighted by atomic mass is 16.4. The van der Waals surface area contributed by atoms with E-state index in [0.717, 1.165) is 29.6 Å². The van der Waals surface area contributed by atoms with Crippen molar-refractivity contribution in [3.8, 4) is 0 Å². The zero-order valence-electron chi connectivity index (χ0n) is 11.8. The molecule has 1 aromatic carbocycles. The van der Waals surface area contributed by atoms with Crippen LogP contribution in [0, 0.1) is 12.3 Å². The molecule has 2 heteroatoms. The lowest BCUT2D eigenvalue weighted by Crippen LogP contribution is -2.27. The maximum atomic E-state index is 10.7. The van der Waals surface area contributed by atoms with Crippen molar-refractivity contribution in [3.05, 3.63) is 35.6 Å². The first-order valence-corrected chi connectivity index (χ1v) is 7.27. The molecule has 1 fully saturated rings. The number of aliphatic hydroxyl groups is 1. The van der Waals surface area contributed by atoms with Crippen LogP contribution in [0.1, 0.15) is 56.5 Å². The lowest BCUT2D eigenvalue weighted by atomic mass is 9.71. The van der Waals surface area contributed by atoms with Crippen LogP contribution in [0.15, 0.2) is 28.7 Å². The van der Waals surface area contributed by atoms with Crippen molar-refractivity contribution in [2.24, 2.45) is 5.41 Å². The molecule has 2 aromatic rings. The van der Waals surface area contributed by atoms with Gasteiger partial charge < -0.3 is 9.52 Å². The SMILES string of the molecule is Cc1ccc2oc(C(O)C3(C)CCCCC3)cc2c1. The summed E-state index contributed by atoms with van der Waals surface area (Å²) in [6.45, 7) is 4.26. The Morgan fingerprint density at radius 1 is 1.16 bits per heavy atom. The second-order valence-electron chi connectivity index (χ2n) is 6.31. The highest BCUT2D eigenvalue weighted by Gasteiger charge is 2.37. The molecular weight excluding hydrogens is 236 g/mol. The number of aliphatic hydroxyl groups excluding tert-OH is 1. The Balaban J connectivity index is 1.94. The van der Waals surface area contributed by atoms with E-state index in [-0.39, 0.29) is 5.41 Å². The number of fused-ring (bicyclic) bond motifs is 1. The maximum Gasteiger partial charge on any atom is 0.134 e. The van der Waals surface area contributed by atoms with Gasteiger partial charge in [-0.15, -0.1) is 0 Å². The van der Waals surface area contributed by atoms with Gasteiger partial charge in [0.15, 0.2) is 0 Å². The number of aryl methyl sites for hydroxylation is 1. The van der Waals surface area contributed by atoms with E-state index < -0.39 is 6.10 Å². The molecule has 2 nitrogen and oxygen atoms in total. The van der Waals surface area contributed by atoms with Crippen LogP contribution in [0.4, 0.5) is 0 Å². The van der Waals surface area contributed by atoms with E-state index in [4.69, 9.17) is 4.42 Å². The van der Waals surface area contributed by atoms with E-state index >= 15 is 0 Å². The van der Waals surface area contributed by atoms with Crippen LogP contribution in [0.2, 0.25) is 0 Å². The van der Waals surface area contributed by atoms with Gasteiger partial charge in [-0.1, -0.05) is 37.8 Å². The van der Waals surface area contributed by atoms with Crippen molar-refractivity contribution in [2.75, 3.05) is 0 Å². The average Bonchev–Trinajstić information content (AvgIpc) is 2.81. The Morgan fingerprint density at radius 2 is 1.89 bits per heavy atom. The van der Waals surface area contributed by atoms with E-state index in [1.165, 1.54) is 24.8 Å². The summed E-state index contributed by atoms with van der Waals surface area (Å²) in [5, 5.41) is 11.8. The van der Waals surface area contributed by atoms with Crippen molar-refractivity contribution in [1.29, 1.82) is 0 Å². The monoisotopic (exact) mass is 258 g/mol. The fourth-order valence-electron chi connectivity index (χ4n) is 3.29. The predicted octanol–water partition coefficient (Wildman–Crippen LogP) is 4.75. The number of hydrogen-bond acceptors (Lipinski definition) is 2. The van der Waals surface area contributed by atoms with Crippen LogP contribution < -0.4 is 0 Å². The predicted molar refractivity (Wildman–Crippen MR) is 77.1 cm³/mol. The van der Waals surface area contributed by atoms with Gasteiger partial charge >= 0.3 is 0 Å². The third-order valence-corrected chi connectivity index (χ3v) is 4.62. The Kier molecular flexibility index (Phi) is 3.14. The van der Waals surface area contributed by atoms with Crippen molar-refractivity contribution in [2.45, 2.75) is 52.1 Å². The smallest absolute Gasteiger partial charge is 0.134 e. The van der Waals surface area contributed by atoms with Crippen LogP contribution in [-0.2, 0) is 0 Å².